The SMILES string of the molecule is CCOc1ccnc(CSc2nc3cc4c(cc3[nH]2)OC(F)(F)C(F)O4)c1OCC. The molecule has 3 heterocycles. The van der Waals surface area contributed by atoms with Crippen molar-refractivity contribution in [2.45, 2.75) is 37.2 Å². The first-order valence-electron chi connectivity index (χ1n) is 9.18. The molecule has 0 saturated carbocycles. The number of nitrogens with one attached hydrogen (secondary N) is 1. The fourth-order valence-corrected chi connectivity index (χ4v) is 3.71. The Balaban J connectivity index is 1.56. The molecule has 0 saturated heterocycles. The number of benzene rings is 1. The third-order valence-electron chi connectivity index (χ3n) is 4.14. The van der Waals surface area contributed by atoms with Crippen molar-refractivity contribution >= 4 is 22.8 Å². The topological polar surface area (TPSA) is 78.5 Å². The number of H-pyrrole nitrogens is 1. The van der Waals surface area contributed by atoms with Crippen molar-refractivity contribution in [2.24, 2.45) is 0 Å². The number of thioether (sulfide) groups is 1. The summed E-state index contributed by atoms with van der Waals surface area (Å²) >= 11 is 1.34. The summed E-state index contributed by atoms with van der Waals surface area (Å²) in [6.45, 7) is 4.71. The van der Waals surface area contributed by atoms with E-state index in [1.54, 1.807) is 12.3 Å². The number of aromatic amines is 1. The third kappa shape index (κ3) is 3.93. The summed E-state index contributed by atoms with van der Waals surface area (Å²) in [5.74, 6) is 1.21. The van der Waals surface area contributed by atoms with Gasteiger partial charge in [0.05, 0.1) is 29.9 Å². The van der Waals surface area contributed by atoms with E-state index in [2.05, 4.69) is 24.4 Å². The molecule has 0 radical (unpaired) electrons. The molecule has 11 heteroatoms. The Labute approximate surface area is 173 Å². The lowest BCUT2D eigenvalue weighted by Crippen LogP contribution is -2.43. The number of alkyl halides is 3. The average molecular weight is 441 g/mol. The maximum Gasteiger partial charge on any atom is 0.468 e. The van der Waals surface area contributed by atoms with Crippen molar-refractivity contribution in [2.75, 3.05) is 13.2 Å². The molecular formula is C19H18F3N3O4S. The lowest BCUT2D eigenvalue weighted by Gasteiger charge is -2.28. The maximum atomic E-state index is 13.4. The summed E-state index contributed by atoms with van der Waals surface area (Å²) in [4.78, 5) is 11.8. The van der Waals surface area contributed by atoms with E-state index < -0.39 is 12.5 Å². The first-order chi connectivity index (χ1) is 14.4. The van der Waals surface area contributed by atoms with Gasteiger partial charge in [0.15, 0.2) is 28.2 Å². The molecule has 30 heavy (non-hydrogen) atoms. The zero-order valence-electron chi connectivity index (χ0n) is 16.1. The molecule has 1 aliphatic heterocycles. The molecule has 7 nitrogen and oxygen atoms in total. The minimum absolute atomic E-state index is 0.131. The second-order valence-corrected chi connectivity index (χ2v) is 7.16. The molecule has 0 fully saturated rings. The zero-order valence-corrected chi connectivity index (χ0v) is 16.9. The van der Waals surface area contributed by atoms with Gasteiger partial charge in [-0.1, -0.05) is 11.8 Å². The first kappa shape index (κ1) is 20.5. The Morgan fingerprint density at radius 3 is 2.77 bits per heavy atom. The van der Waals surface area contributed by atoms with Crippen molar-refractivity contribution in [1.82, 2.24) is 15.0 Å². The number of imidazole rings is 1. The van der Waals surface area contributed by atoms with E-state index in [4.69, 9.17) is 9.47 Å². The molecular weight excluding hydrogens is 423 g/mol. The first-order valence-corrected chi connectivity index (χ1v) is 10.2. The van der Waals surface area contributed by atoms with Crippen molar-refractivity contribution < 1.29 is 32.1 Å². The van der Waals surface area contributed by atoms with Crippen LogP contribution in [0.1, 0.15) is 19.5 Å². The van der Waals surface area contributed by atoms with Gasteiger partial charge in [-0.15, -0.1) is 0 Å². The molecule has 1 aromatic carbocycles. The van der Waals surface area contributed by atoms with E-state index >= 15 is 0 Å². The van der Waals surface area contributed by atoms with Gasteiger partial charge in [0.2, 0.25) is 0 Å². The summed E-state index contributed by atoms with van der Waals surface area (Å²) in [7, 11) is 0. The molecule has 1 aliphatic rings. The van der Waals surface area contributed by atoms with Crippen molar-refractivity contribution in [3.63, 3.8) is 0 Å². The fourth-order valence-electron chi connectivity index (χ4n) is 2.89. The maximum absolute atomic E-state index is 13.4. The smallest absolute Gasteiger partial charge is 0.468 e. The average Bonchev–Trinajstić information content (AvgIpc) is 3.09. The van der Waals surface area contributed by atoms with Gasteiger partial charge < -0.3 is 23.9 Å². The molecule has 2 aromatic heterocycles. The normalized spacial score (nSPS) is 17.2. The quantitative estimate of drug-likeness (QED) is 0.532. The predicted molar refractivity (Wildman–Crippen MR) is 103 cm³/mol. The Morgan fingerprint density at radius 1 is 1.20 bits per heavy atom. The van der Waals surface area contributed by atoms with Gasteiger partial charge in [0.1, 0.15) is 0 Å². The van der Waals surface area contributed by atoms with Gasteiger partial charge in [-0.05, 0) is 13.8 Å². The molecule has 0 bridgehead atoms. The molecule has 1 atom stereocenters. The summed E-state index contributed by atoms with van der Waals surface area (Å²) in [5, 5.41) is 0.516. The Hall–Kier alpha value is -2.82. The van der Waals surface area contributed by atoms with Crippen LogP contribution >= 0.6 is 11.8 Å². The van der Waals surface area contributed by atoms with Gasteiger partial charge in [0, 0.05) is 30.1 Å². The van der Waals surface area contributed by atoms with Crippen LogP contribution < -0.4 is 18.9 Å². The van der Waals surface area contributed by atoms with Crippen LogP contribution in [0, 0.1) is 0 Å². The van der Waals surface area contributed by atoms with Crippen LogP contribution in [0.5, 0.6) is 23.0 Å². The highest BCUT2D eigenvalue weighted by atomic mass is 32.2. The van der Waals surface area contributed by atoms with E-state index in [1.165, 1.54) is 23.9 Å². The van der Waals surface area contributed by atoms with Crippen molar-refractivity contribution in [3.8, 4) is 23.0 Å². The standard InChI is InChI=1S/C19H18F3N3O4S/c1-3-26-13-5-6-23-12(16(13)27-4-2)9-30-18-24-10-7-14-15(8-11(10)25-18)29-19(21,22)17(20)28-14/h5-8,17H,3-4,9H2,1-2H3,(H,24,25). The van der Waals surface area contributed by atoms with E-state index in [-0.39, 0.29) is 11.5 Å². The van der Waals surface area contributed by atoms with E-state index in [9.17, 15) is 13.2 Å². The minimum atomic E-state index is -4.05. The lowest BCUT2D eigenvalue weighted by atomic mass is 10.2. The Bertz CT molecular complexity index is 1060. The van der Waals surface area contributed by atoms with Crippen LogP contribution in [0.4, 0.5) is 13.2 Å². The molecule has 4 rings (SSSR count). The van der Waals surface area contributed by atoms with E-state index in [0.717, 1.165) is 0 Å². The molecule has 0 aliphatic carbocycles. The molecule has 0 amide bonds. The largest absolute Gasteiger partial charge is 0.490 e. The third-order valence-corrected chi connectivity index (χ3v) is 5.03. The summed E-state index contributed by atoms with van der Waals surface area (Å²) < 4.78 is 60.5. The highest BCUT2D eigenvalue weighted by molar-refractivity contribution is 7.98. The zero-order chi connectivity index (χ0) is 21.3. The Morgan fingerprint density at radius 2 is 2.00 bits per heavy atom. The molecule has 1 N–H and O–H groups in total. The highest BCUT2D eigenvalue weighted by Gasteiger charge is 2.49. The van der Waals surface area contributed by atoms with E-state index in [0.29, 0.717) is 52.3 Å². The second-order valence-electron chi connectivity index (χ2n) is 6.20. The molecule has 160 valence electrons. The van der Waals surface area contributed by atoms with Crippen LogP contribution in [0.25, 0.3) is 11.0 Å². The predicted octanol–water partition coefficient (Wildman–Crippen LogP) is 4.71. The number of pyridine rings is 1. The summed E-state index contributed by atoms with van der Waals surface area (Å²) in [5.41, 5.74) is 1.56. The number of hydrogen-bond acceptors (Lipinski definition) is 7. The second kappa shape index (κ2) is 8.13. The van der Waals surface area contributed by atoms with Crippen molar-refractivity contribution in [1.29, 1.82) is 0 Å². The summed E-state index contributed by atoms with van der Waals surface area (Å²) in [6.07, 6.45) is -5.29. The van der Waals surface area contributed by atoms with Gasteiger partial charge in [-0.2, -0.15) is 13.2 Å². The summed E-state index contributed by atoms with van der Waals surface area (Å²) in [6, 6.07) is 4.40. The number of fused-ring (bicyclic) bond motifs is 2. The van der Waals surface area contributed by atoms with Crippen LogP contribution in [0.3, 0.4) is 0 Å². The lowest BCUT2D eigenvalue weighted by molar-refractivity contribution is -0.281. The highest BCUT2D eigenvalue weighted by Crippen LogP contribution is 2.42. The number of aromatic nitrogens is 3. The van der Waals surface area contributed by atoms with Gasteiger partial charge in [-0.25, -0.2) is 4.98 Å². The molecule has 1 unspecified atom stereocenters. The van der Waals surface area contributed by atoms with Crippen LogP contribution in [-0.2, 0) is 5.75 Å². The molecule has 3 aromatic rings. The monoisotopic (exact) mass is 441 g/mol. The Kier molecular flexibility index (Phi) is 5.54. The number of hydrogen-bond donors (Lipinski definition) is 1. The number of ether oxygens (including phenoxy) is 4. The van der Waals surface area contributed by atoms with Crippen LogP contribution in [-0.4, -0.2) is 40.6 Å². The van der Waals surface area contributed by atoms with E-state index in [1.807, 2.05) is 13.8 Å². The minimum Gasteiger partial charge on any atom is -0.490 e. The number of halogens is 3. The number of nitrogens with zero attached hydrogens (tertiary/aromatic N) is 2. The van der Waals surface area contributed by atoms with Crippen LogP contribution in [0.15, 0.2) is 29.6 Å². The van der Waals surface area contributed by atoms with Gasteiger partial charge >= 0.3 is 12.5 Å². The number of rotatable bonds is 7. The van der Waals surface area contributed by atoms with Gasteiger partial charge in [-0.3, -0.25) is 4.98 Å². The van der Waals surface area contributed by atoms with Crippen LogP contribution in [0.2, 0.25) is 0 Å². The van der Waals surface area contributed by atoms with Crippen molar-refractivity contribution in [3.05, 3.63) is 30.1 Å². The molecule has 0 spiro atoms. The fraction of sp³-hybridized carbons (Fsp3) is 0.368. The van der Waals surface area contributed by atoms with Gasteiger partial charge in [0.25, 0.3) is 0 Å².